The first-order valence-corrected chi connectivity index (χ1v) is 11.7. The topological polar surface area (TPSA) is 59.9 Å². The van der Waals surface area contributed by atoms with Gasteiger partial charge in [-0.1, -0.05) is 50.2 Å². The highest BCUT2D eigenvalue weighted by molar-refractivity contribution is 6.07. The smallest absolute Gasteiger partial charge is 0.338 e. The number of likely N-dealkylation sites (N-methyl/N-ethyl adjacent to an activating group) is 1. The van der Waals surface area contributed by atoms with Gasteiger partial charge in [0, 0.05) is 23.6 Å². The van der Waals surface area contributed by atoms with Gasteiger partial charge in [0.2, 0.25) is 0 Å². The number of carbonyl (C=O) groups excluding carboxylic acids is 1. The molecule has 5 nitrogen and oxygen atoms in total. The maximum absolute atomic E-state index is 11.0. The highest BCUT2D eigenvalue weighted by Crippen LogP contribution is 2.44. The highest BCUT2D eigenvalue weighted by Gasteiger charge is 2.34. The van der Waals surface area contributed by atoms with Crippen LogP contribution in [0, 0.1) is 0 Å². The minimum absolute atomic E-state index is 0.140. The highest BCUT2D eigenvalue weighted by atomic mass is 16.5. The van der Waals surface area contributed by atoms with E-state index in [0.29, 0.717) is 18.1 Å². The first-order chi connectivity index (χ1) is 16.0. The van der Waals surface area contributed by atoms with Crippen LogP contribution < -0.4 is 10.1 Å². The number of rotatable bonds is 5. The van der Waals surface area contributed by atoms with Crippen LogP contribution in [0.4, 0.5) is 0 Å². The van der Waals surface area contributed by atoms with Crippen molar-refractivity contribution in [2.45, 2.75) is 46.6 Å². The Balaban J connectivity index is 0.000000235. The molecule has 0 aromatic heterocycles. The molecular weight excluding hydrogens is 412 g/mol. The van der Waals surface area contributed by atoms with Gasteiger partial charge in [-0.15, -0.1) is 0 Å². The average Bonchev–Trinajstić information content (AvgIpc) is 2.83. The largest absolute Gasteiger partial charge is 0.462 e. The molecule has 1 aliphatic heterocycles. The Kier molecular flexibility index (Phi) is 8.61. The first kappa shape index (κ1) is 24.5. The summed E-state index contributed by atoms with van der Waals surface area (Å²) in [5.74, 6) is 2.04. The molecule has 1 N–H and O–H groups in total. The number of esters is 1. The zero-order chi connectivity index (χ0) is 23.8. The minimum Gasteiger partial charge on any atom is -0.462 e. The summed E-state index contributed by atoms with van der Waals surface area (Å²) in [6, 6.07) is 17.4. The van der Waals surface area contributed by atoms with Gasteiger partial charge in [-0.2, -0.15) is 0 Å². The van der Waals surface area contributed by atoms with Gasteiger partial charge in [0.25, 0.3) is 0 Å². The molecule has 33 heavy (non-hydrogen) atoms. The van der Waals surface area contributed by atoms with Crippen LogP contribution in [0.1, 0.15) is 56.5 Å². The molecule has 5 heteroatoms. The fourth-order valence-electron chi connectivity index (χ4n) is 4.26. The zero-order valence-corrected chi connectivity index (χ0v) is 20.2. The number of fused-ring (bicyclic) bond motifs is 2. The van der Waals surface area contributed by atoms with E-state index in [2.05, 4.69) is 57.3 Å². The second-order valence-corrected chi connectivity index (χ2v) is 7.91. The van der Waals surface area contributed by atoms with E-state index in [1.165, 1.54) is 16.7 Å². The number of aliphatic imine (C=N–C) groups is 1. The number of nitrogens with one attached hydrogen (secondary N) is 1. The quantitative estimate of drug-likeness (QED) is 0.599. The standard InChI is InChI=1S/C19H24N2O.C9H10O2/c1-5-20-15-11-17-18(13(4)19(15)21-6-2)12(3)14-9-7-8-10-16(14)22-17;1-2-11-9(10)8-6-4-3-5-7-8/h7-12,15,20H,5-6H2,1-4H3;3-7H,2H2,1H3. The Labute approximate surface area is 197 Å². The number of carbonyl (C=O) groups is 1. The number of nitrogens with zero attached hydrogens (tertiary/aromatic N) is 1. The average molecular weight is 447 g/mol. The van der Waals surface area contributed by atoms with Crippen molar-refractivity contribution in [2.24, 2.45) is 4.99 Å². The summed E-state index contributed by atoms with van der Waals surface area (Å²) < 4.78 is 11.0. The molecule has 0 amide bonds. The molecule has 0 radical (unpaired) electrons. The number of hydrogen-bond acceptors (Lipinski definition) is 5. The predicted octanol–water partition coefficient (Wildman–Crippen LogP) is 5.70. The van der Waals surface area contributed by atoms with E-state index in [0.717, 1.165) is 30.3 Å². The molecule has 1 heterocycles. The van der Waals surface area contributed by atoms with Crippen LogP contribution in [0.15, 0.2) is 82.6 Å². The lowest BCUT2D eigenvalue weighted by Crippen LogP contribution is -2.40. The predicted molar refractivity (Wildman–Crippen MR) is 134 cm³/mol. The summed E-state index contributed by atoms with van der Waals surface area (Å²) in [5, 5.41) is 3.50. The number of ether oxygens (including phenoxy) is 2. The number of para-hydroxylation sites is 1. The van der Waals surface area contributed by atoms with Crippen LogP contribution in [-0.2, 0) is 4.74 Å². The summed E-state index contributed by atoms with van der Waals surface area (Å²) >= 11 is 0. The maximum Gasteiger partial charge on any atom is 0.338 e. The van der Waals surface area contributed by atoms with Crippen molar-refractivity contribution in [1.82, 2.24) is 5.32 Å². The summed E-state index contributed by atoms with van der Waals surface area (Å²) in [7, 11) is 0. The Morgan fingerprint density at radius 2 is 1.76 bits per heavy atom. The fraction of sp³-hybridized carbons (Fsp3) is 0.357. The van der Waals surface area contributed by atoms with Crippen molar-refractivity contribution in [1.29, 1.82) is 0 Å². The third-order valence-electron chi connectivity index (χ3n) is 5.74. The monoisotopic (exact) mass is 446 g/mol. The van der Waals surface area contributed by atoms with Crippen molar-refractivity contribution in [3.05, 3.63) is 88.7 Å². The van der Waals surface area contributed by atoms with E-state index in [-0.39, 0.29) is 12.0 Å². The molecule has 0 saturated heterocycles. The lowest BCUT2D eigenvalue weighted by molar-refractivity contribution is 0.0526. The molecule has 2 unspecified atom stereocenters. The van der Waals surface area contributed by atoms with E-state index in [1.54, 1.807) is 19.1 Å². The molecule has 0 fully saturated rings. The molecule has 1 aliphatic carbocycles. The van der Waals surface area contributed by atoms with Crippen LogP contribution in [0.25, 0.3) is 0 Å². The van der Waals surface area contributed by atoms with E-state index in [4.69, 9.17) is 14.5 Å². The van der Waals surface area contributed by atoms with E-state index >= 15 is 0 Å². The minimum atomic E-state index is -0.256. The third kappa shape index (κ3) is 5.60. The van der Waals surface area contributed by atoms with E-state index in [1.807, 2.05) is 24.3 Å². The number of allylic oxidation sites excluding steroid dienone is 1. The Morgan fingerprint density at radius 3 is 2.42 bits per heavy atom. The molecule has 2 aromatic rings. The number of hydrogen-bond donors (Lipinski definition) is 1. The lowest BCUT2D eigenvalue weighted by atomic mass is 9.80. The summed E-state index contributed by atoms with van der Waals surface area (Å²) in [6.07, 6.45) is 2.19. The van der Waals surface area contributed by atoms with Crippen LogP contribution in [0.3, 0.4) is 0 Å². The molecule has 2 aromatic carbocycles. The van der Waals surface area contributed by atoms with Gasteiger partial charge in [0.05, 0.1) is 23.9 Å². The first-order valence-electron chi connectivity index (χ1n) is 11.7. The SMILES string of the molecule is CCN=C1C(C)=C2C(=CC1NCC)Oc1ccccc1C2C.CCOC(=O)c1ccccc1. The third-order valence-corrected chi connectivity index (χ3v) is 5.74. The maximum atomic E-state index is 11.0. The van der Waals surface area contributed by atoms with E-state index < -0.39 is 0 Å². The van der Waals surface area contributed by atoms with Gasteiger partial charge in [-0.25, -0.2) is 4.79 Å². The van der Waals surface area contributed by atoms with Gasteiger partial charge in [-0.3, -0.25) is 4.99 Å². The van der Waals surface area contributed by atoms with Gasteiger partial charge in [-0.05, 0) is 57.2 Å². The summed E-state index contributed by atoms with van der Waals surface area (Å²) in [5.41, 5.74) is 5.55. The van der Waals surface area contributed by atoms with Gasteiger partial charge in [0.15, 0.2) is 0 Å². The van der Waals surface area contributed by atoms with Gasteiger partial charge < -0.3 is 14.8 Å². The van der Waals surface area contributed by atoms with E-state index in [9.17, 15) is 4.79 Å². The molecular formula is C28H34N2O3. The van der Waals surface area contributed by atoms with Gasteiger partial charge >= 0.3 is 5.97 Å². The molecule has 174 valence electrons. The second kappa shape index (κ2) is 11.6. The van der Waals surface area contributed by atoms with Crippen LogP contribution in [0.5, 0.6) is 5.75 Å². The fourth-order valence-corrected chi connectivity index (χ4v) is 4.26. The molecule has 2 aliphatic rings. The molecule has 4 rings (SSSR count). The van der Waals surface area contributed by atoms with Crippen molar-refractivity contribution in [2.75, 3.05) is 19.7 Å². The normalized spacial score (nSPS) is 20.0. The van der Waals surface area contributed by atoms with Crippen molar-refractivity contribution in [3.63, 3.8) is 0 Å². The van der Waals surface area contributed by atoms with Crippen LogP contribution in [-0.4, -0.2) is 37.4 Å². The second-order valence-electron chi connectivity index (χ2n) is 7.91. The molecule has 0 bridgehead atoms. The van der Waals surface area contributed by atoms with Crippen molar-refractivity contribution < 1.29 is 14.3 Å². The lowest BCUT2D eigenvalue weighted by Gasteiger charge is -2.35. The Bertz CT molecular complexity index is 1050. The van der Waals surface area contributed by atoms with Crippen molar-refractivity contribution >= 4 is 11.7 Å². The molecule has 0 spiro atoms. The van der Waals surface area contributed by atoms with Gasteiger partial charge in [0.1, 0.15) is 11.5 Å². The van der Waals surface area contributed by atoms with Crippen LogP contribution in [0.2, 0.25) is 0 Å². The van der Waals surface area contributed by atoms with Crippen LogP contribution >= 0.6 is 0 Å². The van der Waals surface area contributed by atoms with Crippen molar-refractivity contribution in [3.8, 4) is 5.75 Å². The number of benzene rings is 2. The molecule has 0 saturated carbocycles. The Hall–Kier alpha value is -3.18. The summed E-state index contributed by atoms with van der Waals surface area (Å²) in [6.45, 7) is 12.6. The summed E-state index contributed by atoms with van der Waals surface area (Å²) in [4.78, 5) is 15.8. The Morgan fingerprint density at radius 1 is 1.06 bits per heavy atom. The molecule has 2 atom stereocenters. The zero-order valence-electron chi connectivity index (χ0n) is 20.2.